The van der Waals surface area contributed by atoms with Gasteiger partial charge >= 0.3 is 0 Å². The van der Waals surface area contributed by atoms with E-state index in [0.29, 0.717) is 6.04 Å². The molecule has 1 N–H and O–H groups in total. The van der Waals surface area contributed by atoms with Crippen molar-refractivity contribution < 1.29 is 0 Å². The maximum Gasteiger partial charge on any atom is 0.0550 e. The average Bonchev–Trinajstić information content (AvgIpc) is 2.40. The van der Waals surface area contributed by atoms with Crippen LogP contribution in [0.15, 0.2) is 12.3 Å². The molecule has 3 heteroatoms. The minimum Gasteiger partial charge on any atom is -0.312 e. The summed E-state index contributed by atoms with van der Waals surface area (Å²) in [6.45, 7) is 2.16. The minimum absolute atomic E-state index is 0.433. The van der Waals surface area contributed by atoms with E-state index in [4.69, 9.17) is 0 Å². The zero-order valence-corrected chi connectivity index (χ0v) is 7.33. The zero-order valence-electron chi connectivity index (χ0n) is 7.33. The number of hydrogen-bond donors (Lipinski definition) is 1. The Hall–Kier alpha value is -0.830. The van der Waals surface area contributed by atoms with Crippen molar-refractivity contribution in [3.05, 3.63) is 18.0 Å². The molecule has 0 spiro atoms. The molecule has 0 aliphatic carbocycles. The fraction of sp³-hybridized carbons (Fsp3) is 0.625. The van der Waals surface area contributed by atoms with Crippen LogP contribution in [0.3, 0.4) is 0 Å². The Morgan fingerprint density at radius 2 is 2.45 bits per heavy atom. The highest BCUT2D eigenvalue weighted by molar-refractivity contribution is 5.05. The van der Waals surface area contributed by atoms with E-state index in [1.54, 1.807) is 0 Å². The van der Waals surface area contributed by atoms with E-state index in [-0.39, 0.29) is 0 Å². The number of aromatic nitrogens is 2. The molecule has 0 aliphatic rings. The molecule has 1 heterocycles. The van der Waals surface area contributed by atoms with Gasteiger partial charge in [-0.2, -0.15) is 5.10 Å². The Morgan fingerprint density at radius 3 is 2.82 bits per heavy atom. The van der Waals surface area contributed by atoms with Gasteiger partial charge in [-0.1, -0.05) is 6.92 Å². The number of aryl methyl sites for hydroxylation is 1. The molecule has 3 nitrogen and oxygen atoms in total. The summed E-state index contributed by atoms with van der Waals surface area (Å²) >= 11 is 0. The van der Waals surface area contributed by atoms with Crippen LogP contribution in [0.1, 0.15) is 25.1 Å². The van der Waals surface area contributed by atoms with Gasteiger partial charge in [-0.15, -0.1) is 0 Å². The smallest absolute Gasteiger partial charge is 0.0550 e. The molecule has 0 saturated carbocycles. The Morgan fingerprint density at radius 1 is 1.73 bits per heavy atom. The monoisotopic (exact) mass is 153 g/mol. The second-order valence-corrected chi connectivity index (χ2v) is 2.63. The summed E-state index contributed by atoms with van der Waals surface area (Å²) in [4.78, 5) is 0. The maximum absolute atomic E-state index is 4.11. The fourth-order valence-electron chi connectivity index (χ4n) is 1.29. The van der Waals surface area contributed by atoms with Gasteiger partial charge in [-0.25, -0.2) is 0 Å². The second-order valence-electron chi connectivity index (χ2n) is 2.63. The van der Waals surface area contributed by atoms with Crippen LogP contribution >= 0.6 is 0 Å². The van der Waals surface area contributed by atoms with Gasteiger partial charge in [0, 0.05) is 19.3 Å². The van der Waals surface area contributed by atoms with Crippen LogP contribution in [-0.4, -0.2) is 16.8 Å². The van der Waals surface area contributed by atoms with Crippen LogP contribution in [0.25, 0.3) is 0 Å². The van der Waals surface area contributed by atoms with Crippen molar-refractivity contribution in [3.63, 3.8) is 0 Å². The van der Waals surface area contributed by atoms with Gasteiger partial charge < -0.3 is 5.32 Å². The van der Waals surface area contributed by atoms with Crippen molar-refractivity contribution in [2.45, 2.75) is 19.4 Å². The molecule has 1 atom stereocenters. The first-order chi connectivity index (χ1) is 5.29. The Bertz CT molecular complexity index is 213. The number of rotatable bonds is 3. The zero-order chi connectivity index (χ0) is 8.27. The second kappa shape index (κ2) is 3.53. The van der Waals surface area contributed by atoms with Crippen LogP contribution in [0.2, 0.25) is 0 Å². The van der Waals surface area contributed by atoms with E-state index in [0.717, 1.165) is 6.42 Å². The highest BCUT2D eigenvalue weighted by Gasteiger charge is 2.08. The summed E-state index contributed by atoms with van der Waals surface area (Å²) in [5.74, 6) is 0. The van der Waals surface area contributed by atoms with Gasteiger partial charge in [-0.3, -0.25) is 4.68 Å². The van der Waals surface area contributed by atoms with E-state index >= 15 is 0 Å². The number of hydrogen-bond acceptors (Lipinski definition) is 2. The van der Waals surface area contributed by atoms with Gasteiger partial charge in [0.15, 0.2) is 0 Å². The van der Waals surface area contributed by atoms with Gasteiger partial charge in [-0.05, 0) is 19.5 Å². The normalized spacial score (nSPS) is 13.4. The standard InChI is InChI=1S/C8H15N3/c1-4-7(9-2)8-5-6-10-11(8)3/h5-7,9H,4H2,1-3H3. The van der Waals surface area contributed by atoms with Crippen molar-refractivity contribution in [3.8, 4) is 0 Å². The van der Waals surface area contributed by atoms with Crippen LogP contribution in [0.5, 0.6) is 0 Å². The molecule has 62 valence electrons. The highest BCUT2D eigenvalue weighted by Crippen LogP contribution is 2.13. The van der Waals surface area contributed by atoms with E-state index in [1.165, 1.54) is 5.69 Å². The molecule has 0 bridgehead atoms. The third-order valence-electron chi connectivity index (χ3n) is 1.97. The minimum atomic E-state index is 0.433. The van der Waals surface area contributed by atoms with Crippen LogP contribution in [0, 0.1) is 0 Å². The summed E-state index contributed by atoms with van der Waals surface area (Å²) < 4.78 is 1.91. The molecule has 0 fully saturated rings. The molecule has 1 rings (SSSR count). The lowest BCUT2D eigenvalue weighted by Gasteiger charge is -2.13. The average molecular weight is 153 g/mol. The lowest BCUT2D eigenvalue weighted by Crippen LogP contribution is -2.18. The largest absolute Gasteiger partial charge is 0.312 e. The molecule has 0 aliphatic heterocycles. The van der Waals surface area contributed by atoms with Gasteiger partial charge in [0.05, 0.1) is 5.69 Å². The van der Waals surface area contributed by atoms with Crippen LogP contribution < -0.4 is 5.32 Å². The van der Waals surface area contributed by atoms with E-state index in [9.17, 15) is 0 Å². The fourth-order valence-corrected chi connectivity index (χ4v) is 1.29. The summed E-state index contributed by atoms with van der Waals surface area (Å²) in [7, 11) is 3.94. The molecule has 1 aromatic rings. The SMILES string of the molecule is CCC(NC)c1ccnn1C. The third kappa shape index (κ3) is 1.60. The molecular formula is C8H15N3. The predicted octanol–water partition coefficient (Wildman–Crippen LogP) is 1.09. The summed E-state index contributed by atoms with van der Waals surface area (Å²) in [6, 6.07) is 2.48. The van der Waals surface area contributed by atoms with Crippen molar-refractivity contribution in [2.24, 2.45) is 7.05 Å². The molecule has 0 amide bonds. The summed E-state index contributed by atoms with van der Waals surface area (Å²) in [5, 5.41) is 7.34. The van der Waals surface area contributed by atoms with Crippen molar-refractivity contribution >= 4 is 0 Å². The summed E-state index contributed by atoms with van der Waals surface area (Å²) in [6.07, 6.45) is 2.92. The van der Waals surface area contributed by atoms with Gasteiger partial charge in [0.1, 0.15) is 0 Å². The Kier molecular flexibility index (Phi) is 2.65. The van der Waals surface area contributed by atoms with E-state index in [1.807, 2.05) is 31.0 Å². The Labute approximate surface area is 67.4 Å². The predicted molar refractivity (Wildman–Crippen MR) is 45.3 cm³/mol. The molecule has 1 aromatic heterocycles. The molecule has 0 aromatic carbocycles. The summed E-state index contributed by atoms with van der Waals surface area (Å²) in [5.41, 5.74) is 1.25. The van der Waals surface area contributed by atoms with Gasteiger partial charge in [0.25, 0.3) is 0 Å². The third-order valence-corrected chi connectivity index (χ3v) is 1.97. The van der Waals surface area contributed by atoms with Crippen LogP contribution in [0.4, 0.5) is 0 Å². The Balaban J connectivity index is 2.81. The lowest BCUT2D eigenvalue weighted by atomic mass is 10.1. The maximum atomic E-state index is 4.11. The van der Waals surface area contributed by atoms with Crippen molar-refractivity contribution in [1.82, 2.24) is 15.1 Å². The number of nitrogens with one attached hydrogen (secondary N) is 1. The van der Waals surface area contributed by atoms with Crippen molar-refractivity contribution in [1.29, 1.82) is 0 Å². The molecule has 11 heavy (non-hydrogen) atoms. The number of nitrogens with zero attached hydrogens (tertiary/aromatic N) is 2. The quantitative estimate of drug-likeness (QED) is 0.704. The lowest BCUT2D eigenvalue weighted by molar-refractivity contribution is 0.526. The van der Waals surface area contributed by atoms with E-state index in [2.05, 4.69) is 17.3 Å². The topological polar surface area (TPSA) is 29.9 Å². The highest BCUT2D eigenvalue weighted by atomic mass is 15.3. The van der Waals surface area contributed by atoms with Crippen LogP contribution in [-0.2, 0) is 7.05 Å². The first-order valence-corrected chi connectivity index (χ1v) is 3.94. The first-order valence-electron chi connectivity index (χ1n) is 3.94. The van der Waals surface area contributed by atoms with E-state index < -0.39 is 0 Å². The molecule has 0 saturated heterocycles. The molecular weight excluding hydrogens is 138 g/mol. The van der Waals surface area contributed by atoms with Crippen molar-refractivity contribution in [2.75, 3.05) is 7.05 Å². The van der Waals surface area contributed by atoms with Gasteiger partial charge in [0.2, 0.25) is 0 Å². The first kappa shape index (κ1) is 8.27. The molecule has 1 unspecified atom stereocenters. The molecule has 0 radical (unpaired) electrons.